The standard InChI is InChI=1S/C24H20N2O5/c1-30-17-12-11-16(14-18(17)31-2)21-20(22(27)15-8-4-3-5-9-15)23(28)24(29)26(21)19-10-6-7-13-25-19/h3-14,21,27H,1-2H3/b22-20-/t21-/m0/s1. The first-order valence-corrected chi connectivity index (χ1v) is 9.56. The molecule has 7 nitrogen and oxygen atoms in total. The zero-order chi connectivity index (χ0) is 22.0. The van der Waals surface area contributed by atoms with Crippen molar-refractivity contribution < 1.29 is 24.2 Å². The number of carbonyl (C=O) groups is 2. The summed E-state index contributed by atoms with van der Waals surface area (Å²) in [5.74, 6) is -0.563. The van der Waals surface area contributed by atoms with Gasteiger partial charge in [0.05, 0.1) is 25.8 Å². The fourth-order valence-electron chi connectivity index (χ4n) is 3.65. The summed E-state index contributed by atoms with van der Waals surface area (Å²) >= 11 is 0. The Morgan fingerprint density at radius 2 is 1.65 bits per heavy atom. The Morgan fingerprint density at radius 3 is 2.29 bits per heavy atom. The van der Waals surface area contributed by atoms with Crippen LogP contribution in [-0.2, 0) is 9.59 Å². The number of rotatable bonds is 5. The molecule has 156 valence electrons. The second kappa shape index (κ2) is 8.31. The van der Waals surface area contributed by atoms with Crippen LogP contribution in [0.25, 0.3) is 5.76 Å². The highest BCUT2D eigenvalue weighted by atomic mass is 16.5. The van der Waals surface area contributed by atoms with E-state index in [4.69, 9.17) is 9.47 Å². The molecule has 0 unspecified atom stereocenters. The zero-order valence-corrected chi connectivity index (χ0v) is 17.0. The molecule has 3 aromatic rings. The topological polar surface area (TPSA) is 89.0 Å². The smallest absolute Gasteiger partial charge is 0.301 e. The number of pyridine rings is 1. The number of benzene rings is 2. The normalized spacial score (nSPS) is 17.6. The van der Waals surface area contributed by atoms with E-state index in [1.807, 2.05) is 0 Å². The maximum absolute atomic E-state index is 13.1. The predicted octanol–water partition coefficient (Wildman–Crippen LogP) is 3.73. The van der Waals surface area contributed by atoms with Crippen LogP contribution in [-0.4, -0.2) is 36.0 Å². The van der Waals surface area contributed by atoms with Crippen LogP contribution in [0.1, 0.15) is 17.2 Å². The molecule has 1 saturated heterocycles. The molecule has 1 aliphatic heterocycles. The van der Waals surface area contributed by atoms with Gasteiger partial charge in [0.1, 0.15) is 11.6 Å². The van der Waals surface area contributed by atoms with E-state index < -0.39 is 17.7 Å². The van der Waals surface area contributed by atoms with E-state index in [0.717, 1.165) is 0 Å². The molecular formula is C24H20N2O5. The molecule has 0 radical (unpaired) electrons. The van der Waals surface area contributed by atoms with Gasteiger partial charge in [-0.15, -0.1) is 0 Å². The number of hydrogen-bond donors (Lipinski definition) is 1. The van der Waals surface area contributed by atoms with Gasteiger partial charge in [-0.05, 0) is 29.8 Å². The minimum atomic E-state index is -0.894. The number of anilines is 1. The van der Waals surface area contributed by atoms with Crippen molar-refractivity contribution in [1.82, 2.24) is 4.98 Å². The Morgan fingerprint density at radius 1 is 0.935 bits per heavy atom. The summed E-state index contributed by atoms with van der Waals surface area (Å²) < 4.78 is 10.7. The second-order valence-electron chi connectivity index (χ2n) is 6.84. The van der Waals surface area contributed by atoms with E-state index in [9.17, 15) is 14.7 Å². The van der Waals surface area contributed by atoms with Crippen molar-refractivity contribution in [3.8, 4) is 11.5 Å². The average Bonchev–Trinajstić information content (AvgIpc) is 3.09. The van der Waals surface area contributed by atoms with Gasteiger partial charge in [0.2, 0.25) is 0 Å². The second-order valence-corrected chi connectivity index (χ2v) is 6.84. The number of aromatic nitrogens is 1. The molecule has 1 fully saturated rings. The minimum absolute atomic E-state index is 0.0194. The lowest BCUT2D eigenvalue weighted by atomic mass is 9.95. The summed E-state index contributed by atoms with van der Waals surface area (Å²) in [5, 5.41) is 11.0. The van der Waals surface area contributed by atoms with Gasteiger partial charge in [0.25, 0.3) is 5.78 Å². The predicted molar refractivity (Wildman–Crippen MR) is 115 cm³/mol. The lowest BCUT2D eigenvalue weighted by molar-refractivity contribution is -0.132. The van der Waals surface area contributed by atoms with Gasteiger partial charge in [-0.2, -0.15) is 0 Å². The Kier molecular flexibility index (Phi) is 5.41. The lowest BCUT2D eigenvalue weighted by Crippen LogP contribution is -2.30. The molecule has 0 spiro atoms. The first-order chi connectivity index (χ1) is 15.1. The number of nitrogens with zero attached hydrogens (tertiary/aromatic N) is 2. The average molecular weight is 416 g/mol. The molecule has 1 aliphatic rings. The molecule has 2 aromatic carbocycles. The highest BCUT2D eigenvalue weighted by Gasteiger charge is 2.47. The van der Waals surface area contributed by atoms with Gasteiger partial charge in [-0.3, -0.25) is 14.5 Å². The number of amides is 1. The van der Waals surface area contributed by atoms with Crippen LogP contribution >= 0.6 is 0 Å². The van der Waals surface area contributed by atoms with Crippen molar-refractivity contribution in [2.24, 2.45) is 0 Å². The Labute approximate surface area is 179 Å². The minimum Gasteiger partial charge on any atom is -0.507 e. The van der Waals surface area contributed by atoms with Crippen LogP contribution in [0.15, 0.2) is 78.5 Å². The van der Waals surface area contributed by atoms with Crippen LogP contribution in [0.3, 0.4) is 0 Å². The summed E-state index contributed by atoms with van der Waals surface area (Å²) in [6, 6.07) is 17.9. The number of ether oxygens (including phenoxy) is 2. The van der Waals surface area contributed by atoms with Crippen LogP contribution in [0.4, 0.5) is 5.82 Å². The molecule has 1 N–H and O–H groups in total. The first kappa shape index (κ1) is 20.2. The number of aliphatic hydroxyl groups excluding tert-OH is 1. The molecular weight excluding hydrogens is 396 g/mol. The van der Waals surface area contributed by atoms with Crippen molar-refractivity contribution in [1.29, 1.82) is 0 Å². The number of methoxy groups -OCH3 is 2. The van der Waals surface area contributed by atoms with E-state index >= 15 is 0 Å². The Hall–Kier alpha value is -4.13. The van der Waals surface area contributed by atoms with Crippen LogP contribution in [0.2, 0.25) is 0 Å². The van der Waals surface area contributed by atoms with Crippen LogP contribution in [0.5, 0.6) is 11.5 Å². The maximum Gasteiger partial charge on any atom is 0.301 e. The fraction of sp³-hybridized carbons (Fsp3) is 0.125. The van der Waals surface area contributed by atoms with Gasteiger partial charge in [0.15, 0.2) is 11.5 Å². The number of Topliss-reactive ketones (excluding diaryl/α,β-unsaturated/α-hetero) is 1. The van der Waals surface area contributed by atoms with E-state index in [0.29, 0.717) is 28.4 Å². The molecule has 1 atom stereocenters. The van der Waals surface area contributed by atoms with Crippen molar-refractivity contribution in [3.63, 3.8) is 0 Å². The van der Waals surface area contributed by atoms with Crippen molar-refractivity contribution in [2.45, 2.75) is 6.04 Å². The number of carbonyl (C=O) groups excluding carboxylic acids is 2. The largest absolute Gasteiger partial charge is 0.507 e. The first-order valence-electron chi connectivity index (χ1n) is 9.56. The van der Waals surface area contributed by atoms with E-state index in [1.54, 1.807) is 66.7 Å². The molecule has 0 aliphatic carbocycles. The molecule has 0 saturated carbocycles. The summed E-state index contributed by atoms with van der Waals surface area (Å²) in [7, 11) is 3.02. The monoisotopic (exact) mass is 416 g/mol. The lowest BCUT2D eigenvalue weighted by Gasteiger charge is -2.25. The van der Waals surface area contributed by atoms with Crippen molar-refractivity contribution >= 4 is 23.3 Å². The fourth-order valence-corrected chi connectivity index (χ4v) is 3.65. The van der Waals surface area contributed by atoms with E-state index in [2.05, 4.69) is 4.98 Å². The highest BCUT2D eigenvalue weighted by Crippen LogP contribution is 2.43. The molecule has 2 heterocycles. The van der Waals surface area contributed by atoms with Gasteiger partial charge in [-0.25, -0.2) is 4.98 Å². The van der Waals surface area contributed by atoms with Crippen LogP contribution < -0.4 is 14.4 Å². The third-order valence-corrected chi connectivity index (χ3v) is 5.11. The van der Waals surface area contributed by atoms with Crippen molar-refractivity contribution in [3.05, 3.63) is 89.6 Å². The van der Waals surface area contributed by atoms with Gasteiger partial charge in [0, 0.05) is 11.8 Å². The number of ketones is 1. The summed E-state index contributed by atoms with van der Waals surface area (Å²) in [5.41, 5.74) is 0.987. The quantitative estimate of drug-likeness (QED) is 0.387. The zero-order valence-electron chi connectivity index (χ0n) is 17.0. The maximum atomic E-state index is 13.1. The molecule has 1 amide bonds. The SMILES string of the molecule is COc1ccc([C@H]2/C(=C(/O)c3ccccc3)C(=O)C(=O)N2c2ccccn2)cc1OC. The third-order valence-electron chi connectivity index (χ3n) is 5.11. The van der Waals surface area contributed by atoms with Gasteiger partial charge < -0.3 is 14.6 Å². The van der Waals surface area contributed by atoms with Crippen molar-refractivity contribution in [2.75, 3.05) is 19.1 Å². The van der Waals surface area contributed by atoms with E-state index in [-0.39, 0.29) is 11.3 Å². The molecule has 0 bridgehead atoms. The Bertz CT molecular complexity index is 1160. The summed E-state index contributed by atoms with van der Waals surface area (Å²) in [6.07, 6.45) is 1.54. The van der Waals surface area contributed by atoms with Gasteiger partial charge >= 0.3 is 5.91 Å². The number of hydrogen-bond acceptors (Lipinski definition) is 6. The molecule has 1 aromatic heterocycles. The summed E-state index contributed by atoms with van der Waals surface area (Å²) in [6.45, 7) is 0. The third kappa shape index (κ3) is 3.50. The van der Waals surface area contributed by atoms with Gasteiger partial charge in [-0.1, -0.05) is 42.5 Å². The molecule has 31 heavy (non-hydrogen) atoms. The highest BCUT2D eigenvalue weighted by molar-refractivity contribution is 6.51. The summed E-state index contributed by atoms with van der Waals surface area (Å²) in [4.78, 5) is 31.7. The van der Waals surface area contributed by atoms with Crippen LogP contribution in [0, 0.1) is 0 Å². The molecule has 7 heteroatoms. The Balaban J connectivity index is 1.96. The number of aliphatic hydroxyl groups is 1. The van der Waals surface area contributed by atoms with E-state index in [1.165, 1.54) is 25.3 Å². The molecule has 4 rings (SSSR count).